The third kappa shape index (κ3) is 1.70. The van der Waals surface area contributed by atoms with Crippen LogP contribution in [0.15, 0.2) is 0 Å². The number of nitrogens with zero attached hydrogens (tertiary/aromatic N) is 2. The van der Waals surface area contributed by atoms with E-state index < -0.39 is 0 Å². The first-order valence-corrected chi connectivity index (χ1v) is 6.92. The van der Waals surface area contributed by atoms with Gasteiger partial charge in [-0.05, 0) is 38.7 Å². The van der Waals surface area contributed by atoms with E-state index in [-0.39, 0.29) is 11.8 Å². The lowest BCUT2D eigenvalue weighted by Gasteiger charge is -2.19. The lowest BCUT2D eigenvalue weighted by Crippen LogP contribution is -2.27. The molecule has 0 saturated heterocycles. The maximum atomic E-state index is 11.3. The van der Waals surface area contributed by atoms with Crippen LogP contribution in [-0.4, -0.2) is 15.9 Å². The van der Waals surface area contributed by atoms with Crippen molar-refractivity contribution < 1.29 is 4.79 Å². The summed E-state index contributed by atoms with van der Waals surface area (Å²) in [6, 6.07) is 0. The quantitative estimate of drug-likeness (QED) is 0.852. The Bertz CT molecular complexity index is 647. The van der Waals surface area contributed by atoms with E-state index in [1.807, 2.05) is 13.8 Å². The average Bonchev–Trinajstić information content (AvgIpc) is 2.65. The van der Waals surface area contributed by atoms with Crippen molar-refractivity contribution in [3.8, 4) is 0 Å². The standard InChI is InChI=1S/C13H15N3OS/c1-6-11-9-4-3-8(12(14)17)5-10(9)18-13(11)16-7(2)15-6/h8H,3-5H2,1-2H3,(H2,14,17). The number of hydrogen-bond acceptors (Lipinski definition) is 4. The maximum Gasteiger partial charge on any atom is 0.220 e. The lowest BCUT2D eigenvalue weighted by atomic mass is 9.87. The number of primary amides is 1. The summed E-state index contributed by atoms with van der Waals surface area (Å²) < 4.78 is 0. The first-order chi connectivity index (χ1) is 8.56. The van der Waals surface area contributed by atoms with E-state index in [4.69, 9.17) is 5.73 Å². The SMILES string of the molecule is Cc1nc(C)c2c3c(sc2n1)CC(C(N)=O)CC3. The topological polar surface area (TPSA) is 68.9 Å². The number of aryl methyl sites for hydroxylation is 3. The summed E-state index contributed by atoms with van der Waals surface area (Å²) in [7, 11) is 0. The first kappa shape index (κ1) is 11.6. The normalized spacial score (nSPS) is 18.9. The lowest BCUT2D eigenvalue weighted by molar-refractivity contribution is -0.122. The van der Waals surface area contributed by atoms with Crippen LogP contribution in [0.25, 0.3) is 10.2 Å². The third-order valence-electron chi connectivity index (χ3n) is 3.60. The minimum Gasteiger partial charge on any atom is -0.369 e. The molecule has 0 bridgehead atoms. The van der Waals surface area contributed by atoms with Crippen molar-refractivity contribution in [3.05, 3.63) is 22.0 Å². The zero-order chi connectivity index (χ0) is 12.9. The van der Waals surface area contributed by atoms with Gasteiger partial charge < -0.3 is 5.73 Å². The predicted octanol–water partition coefficient (Wildman–Crippen LogP) is 1.90. The fourth-order valence-electron chi connectivity index (χ4n) is 2.74. The highest BCUT2D eigenvalue weighted by Crippen LogP contribution is 2.38. The molecular formula is C13H15N3OS. The van der Waals surface area contributed by atoms with Crippen LogP contribution in [-0.2, 0) is 17.6 Å². The molecule has 4 nitrogen and oxygen atoms in total. The Labute approximate surface area is 109 Å². The number of nitrogens with two attached hydrogens (primary N) is 1. The molecule has 0 saturated carbocycles. The first-order valence-electron chi connectivity index (χ1n) is 6.11. The van der Waals surface area contributed by atoms with Gasteiger partial charge in [-0.3, -0.25) is 4.79 Å². The summed E-state index contributed by atoms with van der Waals surface area (Å²) in [5.74, 6) is 0.613. The summed E-state index contributed by atoms with van der Waals surface area (Å²) in [5, 5.41) is 1.20. The third-order valence-corrected chi connectivity index (χ3v) is 4.75. The Morgan fingerprint density at radius 3 is 2.89 bits per heavy atom. The Hall–Kier alpha value is -1.49. The monoisotopic (exact) mass is 261 g/mol. The number of aromatic nitrogens is 2. The number of hydrogen-bond donors (Lipinski definition) is 1. The summed E-state index contributed by atoms with van der Waals surface area (Å²) >= 11 is 1.69. The predicted molar refractivity (Wildman–Crippen MR) is 71.6 cm³/mol. The Morgan fingerprint density at radius 1 is 1.39 bits per heavy atom. The zero-order valence-electron chi connectivity index (χ0n) is 10.5. The van der Waals surface area contributed by atoms with Crippen molar-refractivity contribution in [1.82, 2.24) is 9.97 Å². The Kier molecular flexibility index (Phi) is 2.59. The van der Waals surface area contributed by atoms with Crippen LogP contribution >= 0.6 is 11.3 Å². The van der Waals surface area contributed by atoms with Crippen molar-refractivity contribution >= 4 is 27.5 Å². The summed E-state index contributed by atoms with van der Waals surface area (Å²) in [6.45, 7) is 3.95. The molecule has 94 valence electrons. The van der Waals surface area contributed by atoms with Crippen molar-refractivity contribution in [3.63, 3.8) is 0 Å². The highest BCUT2D eigenvalue weighted by atomic mass is 32.1. The van der Waals surface area contributed by atoms with Gasteiger partial charge in [-0.1, -0.05) is 0 Å². The molecule has 0 radical (unpaired) electrons. The average molecular weight is 261 g/mol. The molecule has 1 aliphatic carbocycles. The molecule has 0 aliphatic heterocycles. The van der Waals surface area contributed by atoms with Crippen molar-refractivity contribution in [1.29, 1.82) is 0 Å². The van der Waals surface area contributed by atoms with Gasteiger partial charge in [0, 0.05) is 21.9 Å². The van der Waals surface area contributed by atoms with Gasteiger partial charge in [0.1, 0.15) is 10.7 Å². The van der Waals surface area contributed by atoms with Crippen molar-refractivity contribution in [2.45, 2.75) is 33.1 Å². The van der Waals surface area contributed by atoms with Crippen molar-refractivity contribution in [2.75, 3.05) is 0 Å². The van der Waals surface area contributed by atoms with E-state index in [2.05, 4.69) is 9.97 Å². The number of amides is 1. The maximum absolute atomic E-state index is 11.3. The molecule has 1 atom stereocenters. The molecule has 2 N–H and O–H groups in total. The molecular weight excluding hydrogens is 246 g/mol. The molecule has 1 aliphatic rings. The molecule has 5 heteroatoms. The van der Waals surface area contributed by atoms with Gasteiger partial charge in [-0.15, -0.1) is 11.3 Å². The van der Waals surface area contributed by atoms with Crippen LogP contribution in [0.4, 0.5) is 0 Å². The van der Waals surface area contributed by atoms with E-state index in [9.17, 15) is 4.79 Å². The van der Waals surface area contributed by atoms with Gasteiger partial charge in [0.25, 0.3) is 0 Å². The van der Waals surface area contributed by atoms with Gasteiger partial charge in [0.2, 0.25) is 5.91 Å². The minimum absolute atomic E-state index is 0.0140. The second-order valence-corrected chi connectivity index (χ2v) is 5.97. The van der Waals surface area contributed by atoms with Gasteiger partial charge in [0.15, 0.2) is 0 Å². The molecule has 2 aromatic rings. The summed E-state index contributed by atoms with van der Waals surface area (Å²) in [6.07, 6.45) is 2.53. The van der Waals surface area contributed by atoms with Crippen LogP contribution < -0.4 is 5.73 Å². The number of thiophene rings is 1. The van der Waals surface area contributed by atoms with Gasteiger partial charge in [-0.2, -0.15) is 0 Å². The number of carbonyl (C=O) groups is 1. The van der Waals surface area contributed by atoms with Gasteiger partial charge >= 0.3 is 0 Å². The zero-order valence-corrected chi connectivity index (χ0v) is 11.3. The van der Waals surface area contributed by atoms with E-state index in [1.165, 1.54) is 15.8 Å². The molecule has 2 aromatic heterocycles. The Morgan fingerprint density at radius 2 is 2.17 bits per heavy atom. The number of rotatable bonds is 1. The van der Waals surface area contributed by atoms with Gasteiger partial charge in [-0.25, -0.2) is 9.97 Å². The smallest absolute Gasteiger partial charge is 0.220 e. The van der Waals surface area contributed by atoms with E-state index in [0.29, 0.717) is 0 Å². The second-order valence-electron chi connectivity index (χ2n) is 4.88. The highest BCUT2D eigenvalue weighted by molar-refractivity contribution is 7.18. The molecule has 3 rings (SSSR count). The minimum atomic E-state index is -0.183. The fourth-order valence-corrected chi connectivity index (χ4v) is 4.13. The van der Waals surface area contributed by atoms with E-state index >= 15 is 0 Å². The molecule has 0 aromatic carbocycles. The molecule has 0 fully saturated rings. The van der Waals surface area contributed by atoms with Crippen LogP contribution in [0.3, 0.4) is 0 Å². The molecule has 1 amide bonds. The largest absolute Gasteiger partial charge is 0.369 e. The van der Waals surface area contributed by atoms with Crippen LogP contribution in [0.2, 0.25) is 0 Å². The van der Waals surface area contributed by atoms with Crippen LogP contribution in [0, 0.1) is 19.8 Å². The second kappa shape index (κ2) is 4.02. The van der Waals surface area contributed by atoms with Gasteiger partial charge in [0.05, 0.1) is 0 Å². The van der Waals surface area contributed by atoms with Crippen molar-refractivity contribution in [2.24, 2.45) is 11.7 Å². The van der Waals surface area contributed by atoms with E-state index in [1.54, 1.807) is 11.3 Å². The van der Waals surface area contributed by atoms with E-state index in [0.717, 1.165) is 35.6 Å². The summed E-state index contributed by atoms with van der Waals surface area (Å²) in [4.78, 5) is 22.6. The van der Waals surface area contributed by atoms with Crippen LogP contribution in [0.5, 0.6) is 0 Å². The highest BCUT2D eigenvalue weighted by Gasteiger charge is 2.27. The fraction of sp³-hybridized carbons (Fsp3) is 0.462. The van der Waals surface area contributed by atoms with Crippen LogP contribution in [0.1, 0.15) is 28.4 Å². The molecule has 2 heterocycles. The molecule has 0 spiro atoms. The molecule has 18 heavy (non-hydrogen) atoms. The number of carbonyl (C=O) groups excluding carboxylic acids is 1. The Balaban J connectivity index is 2.16. The molecule has 1 unspecified atom stereocenters. The number of fused-ring (bicyclic) bond motifs is 3. The summed E-state index contributed by atoms with van der Waals surface area (Å²) in [5.41, 5.74) is 7.80.